The van der Waals surface area contributed by atoms with Gasteiger partial charge in [0, 0.05) is 13.7 Å². The number of methoxy groups -OCH3 is 1. The van der Waals surface area contributed by atoms with Gasteiger partial charge >= 0.3 is 5.97 Å². The maximum absolute atomic E-state index is 12.9. The van der Waals surface area contributed by atoms with E-state index in [1.54, 1.807) is 7.11 Å². The second kappa shape index (κ2) is 10.1. The van der Waals surface area contributed by atoms with E-state index >= 15 is 0 Å². The molecule has 3 heterocycles. The van der Waals surface area contributed by atoms with Crippen molar-refractivity contribution < 1.29 is 28.8 Å². The van der Waals surface area contributed by atoms with Crippen LogP contribution < -0.4 is 15.6 Å². The average molecular weight is 445 g/mol. The molecule has 0 aliphatic carbocycles. The number of carbonyl (C=O) groups is 1. The van der Waals surface area contributed by atoms with E-state index in [0.717, 1.165) is 17.4 Å². The molecule has 2 N–H and O–H groups in total. The Morgan fingerprint density at radius 1 is 1.22 bits per heavy atom. The van der Waals surface area contributed by atoms with Gasteiger partial charge < -0.3 is 29.4 Å². The number of aryl methyl sites for hydroxylation is 1. The first-order valence-electron chi connectivity index (χ1n) is 10.6. The average Bonchev–Trinajstić information content (AvgIpc) is 3.38. The van der Waals surface area contributed by atoms with Gasteiger partial charge in [-0.2, -0.15) is 0 Å². The van der Waals surface area contributed by atoms with Gasteiger partial charge in [-0.05, 0) is 18.4 Å². The predicted molar refractivity (Wildman–Crippen MR) is 114 cm³/mol. The normalized spacial score (nSPS) is 24.3. The standard InChI is InChI=1S/C22H27N3O7/c1-29-16-12-30-20-17(13-31-19(16)20)32-22-24-10-15(21(28)25(22)11-18(26)27)23-9-5-8-14-6-3-2-4-7-14/h2-4,6-7,10,16-17,19-20,23H,5,8-9,11-13H2,1H3,(H,26,27)/t16-,17-,19-,20-/m1/s1. The number of nitrogens with zero attached hydrogens (tertiary/aromatic N) is 2. The van der Waals surface area contributed by atoms with Crippen molar-refractivity contribution in [3.8, 4) is 6.01 Å². The molecule has 0 spiro atoms. The van der Waals surface area contributed by atoms with E-state index in [2.05, 4.69) is 10.3 Å². The Bertz CT molecular complexity index is 981. The molecule has 2 saturated heterocycles. The van der Waals surface area contributed by atoms with Crippen molar-refractivity contribution in [1.82, 2.24) is 9.55 Å². The van der Waals surface area contributed by atoms with Crippen molar-refractivity contribution in [3.63, 3.8) is 0 Å². The molecule has 2 fully saturated rings. The summed E-state index contributed by atoms with van der Waals surface area (Å²) in [6.07, 6.45) is 1.70. The molecule has 4 atom stereocenters. The molecule has 1 aromatic carbocycles. The highest BCUT2D eigenvalue weighted by molar-refractivity contribution is 5.66. The first kappa shape index (κ1) is 22.3. The third-order valence-electron chi connectivity index (χ3n) is 5.63. The summed E-state index contributed by atoms with van der Waals surface area (Å²) in [5, 5.41) is 12.4. The van der Waals surface area contributed by atoms with Crippen LogP contribution in [0.5, 0.6) is 6.01 Å². The summed E-state index contributed by atoms with van der Waals surface area (Å²) >= 11 is 0. The summed E-state index contributed by atoms with van der Waals surface area (Å²) in [7, 11) is 1.59. The number of benzene rings is 1. The smallest absolute Gasteiger partial charge is 0.323 e. The number of carboxylic acid groups (broad SMARTS) is 1. The molecule has 0 amide bonds. The molecule has 2 aliphatic heterocycles. The minimum absolute atomic E-state index is 0.0778. The van der Waals surface area contributed by atoms with Gasteiger partial charge in [0.25, 0.3) is 11.6 Å². The van der Waals surface area contributed by atoms with Crippen molar-refractivity contribution in [3.05, 3.63) is 52.4 Å². The van der Waals surface area contributed by atoms with Gasteiger partial charge in [0.15, 0.2) is 6.10 Å². The van der Waals surface area contributed by atoms with Crippen LogP contribution in [0.15, 0.2) is 41.3 Å². The minimum Gasteiger partial charge on any atom is -0.480 e. The molecule has 2 aromatic rings. The third kappa shape index (κ3) is 4.93. The minimum atomic E-state index is -1.17. The molecule has 0 radical (unpaired) electrons. The first-order chi connectivity index (χ1) is 15.6. The Balaban J connectivity index is 1.43. The topological polar surface area (TPSA) is 121 Å². The van der Waals surface area contributed by atoms with Crippen LogP contribution in [0.2, 0.25) is 0 Å². The van der Waals surface area contributed by atoms with E-state index in [0.29, 0.717) is 13.2 Å². The summed E-state index contributed by atoms with van der Waals surface area (Å²) in [5.41, 5.74) is 0.930. The Morgan fingerprint density at radius 3 is 2.66 bits per heavy atom. The van der Waals surface area contributed by atoms with Crippen LogP contribution in [0, 0.1) is 0 Å². The first-order valence-corrected chi connectivity index (χ1v) is 10.6. The molecule has 10 heteroatoms. The van der Waals surface area contributed by atoms with E-state index < -0.39 is 24.2 Å². The highest BCUT2D eigenvalue weighted by atomic mass is 16.6. The SMILES string of the molecule is CO[C@@H]1CO[C@H]2[C@@H]1OC[C@H]2Oc1ncc(NCCCc2ccccc2)c(=O)n1CC(=O)O. The number of aromatic nitrogens is 2. The van der Waals surface area contributed by atoms with E-state index in [4.69, 9.17) is 18.9 Å². The lowest BCUT2D eigenvalue weighted by molar-refractivity contribution is -0.137. The Morgan fingerprint density at radius 2 is 1.94 bits per heavy atom. The molecule has 0 unspecified atom stereocenters. The molecular weight excluding hydrogens is 418 g/mol. The van der Waals surface area contributed by atoms with Crippen LogP contribution in [0.3, 0.4) is 0 Å². The second-order valence-electron chi connectivity index (χ2n) is 7.78. The lowest BCUT2D eigenvalue weighted by Crippen LogP contribution is -2.37. The molecular formula is C22H27N3O7. The van der Waals surface area contributed by atoms with Crippen molar-refractivity contribution in [2.45, 2.75) is 43.8 Å². The molecule has 4 rings (SSSR count). The van der Waals surface area contributed by atoms with E-state index in [-0.39, 0.29) is 36.6 Å². The van der Waals surface area contributed by atoms with Gasteiger partial charge in [0.2, 0.25) is 0 Å². The number of hydrogen-bond donors (Lipinski definition) is 2. The largest absolute Gasteiger partial charge is 0.480 e. The monoisotopic (exact) mass is 445 g/mol. The zero-order chi connectivity index (χ0) is 22.5. The van der Waals surface area contributed by atoms with Crippen molar-refractivity contribution in [1.29, 1.82) is 0 Å². The van der Waals surface area contributed by atoms with Crippen molar-refractivity contribution >= 4 is 11.7 Å². The lowest BCUT2D eigenvalue weighted by atomic mass is 10.1. The van der Waals surface area contributed by atoms with E-state index in [1.807, 2.05) is 30.3 Å². The second-order valence-corrected chi connectivity index (χ2v) is 7.78. The summed E-state index contributed by atoms with van der Waals surface area (Å²) in [5.74, 6) is -1.17. The number of carboxylic acids is 1. The van der Waals surface area contributed by atoms with Gasteiger partial charge in [-0.3, -0.25) is 9.59 Å². The zero-order valence-corrected chi connectivity index (χ0v) is 17.8. The maximum atomic E-state index is 12.9. The van der Waals surface area contributed by atoms with Crippen LogP contribution in [0.25, 0.3) is 0 Å². The van der Waals surface area contributed by atoms with E-state index in [9.17, 15) is 14.7 Å². The van der Waals surface area contributed by atoms with Gasteiger partial charge in [0.1, 0.15) is 30.5 Å². The Labute approximate surface area is 185 Å². The maximum Gasteiger partial charge on any atom is 0.323 e. The Hall–Kier alpha value is -2.95. The van der Waals surface area contributed by atoms with Gasteiger partial charge in [-0.15, -0.1) is 0 Å². The van der Waals surface area contributed by atoms with Crippen LogP contribution in [-0.4, -0.2) is 71.9 Å². The predicted octanol–water partition coefficient (Wildman–Crippen LogP) is 0.933. The number of ether oxygens (including phenoxy) is 4. The lowest BCUT2D eigenvalue weighted by Gasteiger charge is -2.19. The molecule has 0 bridgehead atoms. The van der Waals surface area contributed by atoms with Crippen LogP contribution in [0.4, 0.5) is 5.69 Å². The summed E-state index contributed by atoms with van der Waals surface area (Å²) < 4.78 is 23.7. The fourth-order valence-electron chi connectivity index (χ4n) is 3.99. The summed E-state index contributed by atoms with van der Waals surface area (Å²) in [6, 6.07) is 9.96. The van der Waals surface area contributed by atoms with Crippen LogP contribution in [0.1, 0.15) is 12.0 Å². The molecule has 1 aromatic heterocycles. The van der Waals surface area contributed by atoms with Crippen molar-refractivity contribution in [2.75, 3.05) is 32.2 Å². The van der Waals surface area contributed by atoms with Crippen LogP contribution >= 0.6 is 0 Å². The quantitative estimate of drug-likeness (QED) is 0.515. The molecule has 32 heavy (non-hydrogen) atoms. The summed E-state index contributed by atoms with van der Waals surface area (Å²) in [6.45, 7) is 0.597. The molecule has 2 aliphatic rings. The fraction of sp³-hybridized carbons (Fsp3) is 0.500. The number of anilines is 1. The molecule has 0 saturated carbocycles. The Kier molecular flexibility index (Phi) is 7.03. The zero-order valence-electron chi connectivity index (χ0n) is 17.8. The number of hydrogen-bond acceptors (Lipinski definition) is 8. The van der Waals surface area contributed by atoms with Crippen molar-refractivity contribution in [2.24, 2.45) is 0 Å². The third-order valence-corrected chi connectivity index (χ3v) is 5.63. The highest BCUT2D eigenvalue weighted by Crippen LogP contribution is 2.30. The molecule has 10 nitrogen and oxygen atoms in total. The van der Waals surface area contributed by atoms with Crippen LogP contribution in [-0.2, 0) is 32.0 Å². The van der Waals surface area contributed by atoms with Gasteiger partial charge in [0.05, 0.1) is 19.4 Å². The van der Waals surface area contributed by atoms with Gasteiger partial charge in [-0.1, -0.05) is 30.3 Å². The number of fused-ring (bicyclic) bond motifs is 1. The number of rotatable bonds is 10. The fourth-order valence-corrected chi connectivity index (χ4v) is 3.99. The van der Waals surface area contributed by atoms with E-state index in [1.165, 1.54) is 11.8 Å². The van der Waals surface area contributed by atoms with Gasteiger partial charge in [-0.25, -0.2) is 9.55 Å². The highest BCUT2D eigenvalue weighted by Gasteiger charge is 2.49. The number of nitrogens with one attached hydrogen (secondary N) is 1. The summed E-state index contributed by atoms with van der Waals surface area (Å²) in [4.78, 5) is 28.5. The number of aliphatic carboxylic acids is 1. The molecule has 172 valence electrons.